The van der Waals surface area contributed by atoms with Gasteiger partial charge in [-0.25, -0.2) is 4.39 Å². The van der Waals surface area contributed by atoms with Gasteiger partial charge < -0.3 is 14.5 Å². The van der Waals surface area contributed by atoms with Crippen LogP contribution in [0, 0.1) is 12.7 Å². The van der Waals surface area contributed by atoms with Gasteiger partial charge in [0.15, 0.2) is 6.61 Å². The first-order valence-corrected chi connectivity index (χ1v) is 9.51. The Hall–Kier alpha value is -2.89. The van der Waals surface area contributed by atoms with Crippen molar-refractivity contribution in [1.82, 2.24) is 9.80 Å². The monoisotopic (exact) mass is 384 g/mol. The molecule has 0 spiro atoms. The number of hydrogen-bond acceptors (Lipinski definition) is 3. The molecule has 1 saturated heterocycles. The third-order valence-corrected chi connectivity index (χ3v) is 4.85. The Labute approximate surface area is 164 Å². The maximum atomic E-state index is 13.0. The average molecular weight is 384 g/mol. The number of halogens is 1. The second-order valence-electron chi connectivity index (χ2n) is 7.02. The summed E-state index contributed by atoms with van der Waals surface area (Å²) in [6, 6.07) is 13.6. The minimum Gasteiger partial charge on any atom is -0.484 e. The molecular weight excluding hydrogens is 359 g/mol. The molecule has 2 aromatic carbocycles. The molecule has 0 unspecified atom stereocenters. The fourth-order valence-corrected chi connectivity index (χ4v) is 3.18. The Morgan fingerprint density at radius 2 is 1.50 bits per heavy atom. The van der Waals surface area contributed by atoms with Crippen LogP contribution in [0.3, 0.4) is 0 Å². The Morgan fingerprint density at radius 3 is 2.14 bits per heavy atom. The maximum Gasteiger partial charge on any atom is 0.260 e. The molecular formula is C22H25FN2O3. The second kappa shape index (κ2) is 9.35. The first-order chi connectivity index (χ1) is 13.5. The molecule has 0 radical (unpaired) electrons. The van der Waals surface area contributed by atoms with Crippen LogP contribution in [0.4, 0.5) is 4.39 Å². The van der Waals surface area contributed by atoms with Crippen molar-refractivity contribution in [3.8, 4) is 5.75 Å². The van der Waals surface area contributed by atoms with E-state index in [0.29, 0.717) is 31.9 Å². The summed E-state index contributed by atoms with van der Waals surface area (Å²) >= 11 is 0. The molecule has 0 aromatic heterocycles. The highest BCUT2D eigenvalue weighted by atomic mass is 19.1. The molecule has 28 heavy (non-hydrogen) atoms. The van der Waals surface area contributed by atoms with E-state index in [1.807, 2.05) is 31.2 Å². The van der Waals surface area contributed by atoms with Crippen molar-refractivity contribution in [2.24, 2.45) is 0 Å². The molecule has 2 amide bonds. The zero-order chi connectivity index (χ0) is 19.9. The zero-order valence-corrected chi connectivity index (χ0v) is 16.1. The Morgan fingerprint density at radius 1 is 0.893 bits per heavy atom. The van der Waals surface area contributed by atoms with Crippen molar-refractivity contribution >= 4 is 11.8 Å². The van der Waals surface area contributed by atoms with Crippen LogP contribution < -0.4 is 4.74 Å². The van der Waals surface area contributed by atoms with E-state index in [1.165, 1.54) is 12.1 Å². The van der Waals surface area contributed by atoms with Gasteiger partial charge in [-0.2, -0.15) is 0 Å². The number of ether oxygens (including phenoxy) is 1. The summed E-state index contributed by atoms with van der Waals surface area (Å²) in [6.45, 7) is 4.20. The summed E-state index contributed by atoms with van der Waals surface area (Å²) in [6.07, 6.45) is 0.968. The van der Waals surface area contributed by atoms with Crippen LogP contribution in [0.15, 0.2) is 48.5 Å². The van der Waals surface area contributed by atoms with Gasteiger partial charge >= 0.3 is 0 Å². The molecule has 1 heterocycles. The lowest BCUT2D eigenvalue weighted by molar-refractivity contribution is -0.134. The fourth-order valence-electron chi connectivity index (χ4n) is 3.18. The van der Waals surface area contributed by atoms with Crippen LogP contribution >= 0.6 is 0 Å². The van der Waals surface area contributed by atoms with Gasteiger partial charge in [0.1, 0.15) is 11.6 Å². The Balaban J connectivity index is 1.48. The number of hydrogen-bond donors (Lipinski definition) is 0. The predicted molar refractivity (Wildman–Crippen MR) is 105 cm³/mol. The highest BCUT2D eigenvalue weighted by Crippen LogP contribution is 2.12. The van der Waals surface area contributed by atoms with Crippen molar-refractivity contribution < 1.29 is 18.7 Å². The molecule has 1 aliphatic heterocycles. The van der Waals surface area contributed by atoms with Gasteiger partial charge in [0.2, 0.25) is 5.91 Å². The number of amides is 2. The molecule has 0 N–H and O–H groups in total. The van der Waals surface area contributed by atoms with Crippen LogP contribution in [-0.4, -0.2) is 54.4 Å². The van der Waals surface area contributed by atoms with Crippen molar-refractivity contribution in [2.45, 2.75) is 19.8 Å². The molecule has 0 saturated carbocycles. The smallest absolute Gasteiger partial charge is 0.260 e. The van der Waals surface area contributed by atoms with E-state index in [4.69, 9.17) is 4.74 Å². The topological polar surface area (TPSA) is 49.9 Å². The second-order valence-corrected chi connectivity index (χ2v) is 7.02. The molecule has 3 rings (SSSR count). The highest BCUT2D eigenvalue weighted by molar-refractivity contribution is 5.80. The lowest BCUT2D eigenvalue weighted by Gasteiger charge is -2.22. The molecule has 6 heteroatoms. The first-order valence-electron chi connectivity index (χ1n) is 9.51. The van der Waals surface area contributed by atoms with Gasteiger partial charge in [0, 0.05) is 26.2 Å². The predicted octanol–water partition coefficient (Wildman–Crippen LogP) is 2.82. The molecule has 0 aliphatic carbocycles. The standard InChI is InChI=1S/C22H25FN2O3/c1-17-3-9-20(10-4-17)28-16-22(27)25-12-2-11-24(13-14-25)21(26)15-18-5-7-19(23)8-6-18/h3-10H,2,11-16H2,1H3. The van der Waals surface area contributed by atoms with Gasteiger partial charge in [-0.05, 0) is 43.2 Å². The molecule has 1 aliphatic rings. The normalized spacial score (nSPS) is 14.5. The summed E-state index contributed by atoms with van der Waals surface area (Å²) in [5, 5.41) is 0. The van der Waals surface area contributed by atoms with Gasteiger partial charge in [0.25, 0.3) is 5.91 Å². The maximum absolute atomic E-state index is 13.0. The largest absolute Gasteiger partial charge is 0.484 e. The fraction of sp³-hybridized carbons (Fsp3) is 0.364. The van der Waals surface area contributed by atoms with Crippen molar-refractivity contribution in [1.29, 1.82) is 0 Å². The number of carbonyl (C=O) groups is 2. The molecule has 148 valence electrons. The zero-order valence-electron chi connectivity index (χ0n) is 16.1. The van der Waals surface area contributed by atoms with Crippen molar-refractivity contribution in [2.75, 3.05) is 32.8 Å². The Bertz CT molecular complexity index is 806. The summed E-state index contributed by atoms with van der Waals surface area (Å²) in [5.74, 6) is 0.281. The third-order valence-electron chi connectivity index (χ3n) is 4.85. The van der Waals surface area contributed by atoms with Gasteiger partial charge in [-0.1, -0.05) is 29.8 Å². The van der Waals surface area contributed by atoms with E-state index in [1.54, 1.807) is 21.9 Å². The number of benzene rings is 2. The first kappa shape index (κ1) is 19.9. The highest BCUT2D eigenvalue weighted by Gasteiger charge is 2.22. The van der Waals surface area contributed by atoms with Crippen LogP contribution in [0.2, 0.25) is 0 Å². The van der Waals surface area contributed by atoms with Crippen LogP contribution in [-0.2, 0) is 16.0 Å². The van der Waals surface area contributed by atoms with E-state index in [-0.39, 0.29) is 30.7 Å². The van der Waals surface area contributed by atoms with Gasteiger partial charge in [-0.3, -0.25) is 9.59 Å². The number of aryl methyl sites for hydroxylation is 1. The van der Waals surface area contributed by atoms with Crippen LogP contribution in [0.5, 0.6) is 5.75 Å². The van der Waals surface area contributed by atoms with Crippen molar-refractivity contribution in [3.63, 3.8) is 0 Å². The lowest BCUT2D eigenvalue weighted by atomic mass is 10.1. The average Bonchev–Trinajstić information content (AvgIpc) is 2.95. The minimum absolute atomic E-state index is 0.00295. The van der Waals surface area contributed by atoms with E-state index in [2.05, 4.69) is 0 Å². The summed E-state index contributed by atoms with van der Waals surface area (Å²) in [7, 11) is 0. The quantitative estimate of drug-likeness (QED) is 0.797. The van der Waals surface area contributed by atoms with Crippen LogP contribution in [0.1, 0.15) is 17.5 Å². The molecule has 0 bridgehead atoms. The molecule has 0 atom stereocenters. The summed E-state index contributed by atoms with van der Waals surface area (Å²) < 4.78 is 18.6. The summed E-state index contributed by atoms with van der Waals surface area (Å²) in [5.41, 5.74) is 1.92. The van der Waals surface area contributed by atoms with E-state index in [0.717, 1.165) is 17.5 Å². The van der Waals surface area contributed by atoms with E-state index < -0.39 is 0 Å². The van der Waals surface area contributed by atoms with E-state index in [9.17, 15) is 14.0 Å². The van der Waals surface area contributed by atoms with Gasteiger partial charge in [-0.15, -0.1) is 0 Å². The number of carbonyl (C=O) groups excluding carboxylic acids is 2. The van der Waals surface area contributed by atoms with Crippen molar-refractivity contribution in [3.05, 3.63) is 65.5 Å². The van der Waals surface area contributed by atoms with Crippen LogP contribution in [0.25, 0.3) is 0 Å². The molecule has 2 aromatic rings. The molecule has 5 nitrogen and oxygen atoms in total. The van der Waals surface area contributed by atoms with Gasteiger partial charge in [0.05, 0.1) is 6.42 Å². The summed E-state index contributed by atoms with van der Waals surface area (Å²) in [4.78, 5) is 28.5. The number of rotatable bonds is 5. The third kappa shape index (κ3) is 5.55. The SMILES string of the molecule is Cc1ccc(OCC(=O)N2CCCN(C(=O)Cc3ccc(F)cc3)CC2)cc1. The Kier molecular flexibility index (Phi) is 6.63. The molecule has 1 fully saturated rings. The van der Waals surface area contributed by atoms with E-state index >= 15 is 0 Å². The number of nitrogens with zero attached hydrogens (tertiary/aromatic N) is 2. The lowest BCUT2D eigenvalue weighted by Crippen LogP contribution is -2.39. The minimum atomic E-state index is -0.312.